The highest BCUT2D eigenvalue weighted by atomic mass is 16.5. The highest BCUT2D eigenvalue weighted by Gasteiger charge is 2.41. The van der Waals surface area contributed by atoms with Crippen molar-refractivity contribution in [3.63, 3.8) is 0 Å². The fraction of sp³-hybridized carbons (Fsp3) is 0.174. The maximum absolute atomic E-state index is 6.38. The monoisotopic (exact) mass is 356 g/mol. The van der Waals surface area contributed by atoms with Gasteiger partial charge in [0, 0.05) is 17.5 Å². The SMILES string of the molecule is COc1ccc2c(c1)C1CC(c3ccccc3)=NN1C(c1ccccc1)O2. The van der Waals surface area contributed by atoms with Gasteiger partial charge in [-0.3, -0.25) is 0 Å². The van der Waals surface area contributed by atoms with Crippen molar-refractivity contribution in [1.29, 1.82) is 0 Å². The van der Waals surface area contributed by atoms with E-state index in [1.165, 1.54) is 0 Å². The Morgan fingerprint density at radius 2 is 1.70 bits per heavy atom. The van der Waals surface area contributed by atoms with Crippen LogP contribution in [0, 0.1) is 0 Å². The van der Waals surface area contributed by atoms with Crippen LogP contribution in [-0.4, -0.2) is 17.8 Å². The van der Waals surface area contributed by atoms with Crippen LogP contribution in [0.3, 0.4) is 0 Å². The zero-order valence-electron chi connectivity index (χ0n) is 15.1. The highest BCUT2D eigenvalue weighted by Crippen LogP contribution is 2.48. The van der Waals surface area contributed by atoms with Crippen LogP contribution in [0.5, 0.6) is 11.5 Å². The Morgan fingerprint density at radius 1 is 0.963 bits per heavy atom. The topological polar surface area (TPSA) is 34.1 Å². The molecule has 2 aliphatic rings. The zero-order valence-corrected chi connectivity index (χ0v) is 15.1. The molecule has 5 rings (SSSR count). The average molecular weight is 356 g/mol. The minimum atomic E-state index is -0.238. The van der Waals surface area contributed by atoms with Crippen molar-refractivity contribution in [2.75, 3.05) is 7.11 Å². The van der Waals surface area contributed by atoms with E-state index in [0.717, 1.165) is 40.3 Å². The molecule has 3 aromatic carbocycles. The van der Waals surface area contributed by atoms with Gasteiger partial charge in [0.1, 0.15) is 11.5 Å². The van der Waals surface area contributed by atoms with Crippen molar-refractivity contribution in [2.45, 2.75) is 18.7 Å². The summed E-state index contributed by atoms with van der Waals surface area (Å²) in [6.07, 6.45) is 0.606. The third-order valence-corrected chi connectivity index (χ3v) is 5.19. The number of benzene rings is 3. The standard InChI is InChI=1S/C23H20N2O2/c1-26-18-12-13-22-19(14-18)21-15-20(16-8-4-2-5-9-16)24-25(21)23(27-22)17-10-6-3-7-11-17/h2-14,21,23H,15H2,1H3. The molecule has 2 atom stereocenters. The fourth-order valence-corrected chi connectivity index (χ4v) is 3.83. The van der Waals surface area contributed by atoms with E-state index in [9.17, 15) is 0 Å². The van der Waals surface area contributed by atoms with Gasteiger partial charge in [0.05, 0.1) is 18.9 Å². The summed E-state index contributed by atoms with van der Waals surface area (Å²) < 4.78 is 11.8. The van der Waals surface area contributed by atoms with Gasteiger partial charge in [0.15, 0.2) is 0 Å². The van der Waals surface area contributed by atoms with Crippen LogP contribution < -0.4 is 9.47 Å². The van der Waals surface area contributed by atoms with Crippen molar-refractivity contribution >= 4 is 5.71 Å². The van der Waals surface area contributed by atoms with Crippen LogP contribution >= 0.6 is 0 Å². The Labute approximate surface area is 158 Å². The average Bonchev–Trinajstić information content (AvgIpc) is 3.20. The molecule has 0 amide bonds. The minimum absolute atomic E-state index is 0.129. The number of hydrogen-bond acceptors (Lipinski definition) is 4. The first-order valence-electron chi connectivity index (χ1n) is 9.14. The third-order valence-electron chi connectivity index (χ3n) is 5.19. The van der Waals surface area contributed by atoms with E-state index in [1.807, 2.05) is 36.4 Å². The molecule has 134 valence electrons. The lowest BCUT2D eigenvalue weighted by Gasteiger charge is -2.38. The molecule has 3 aromatic rings. The van der Waals surface area contributed by atoms with E-state index in [4.69, 9.17) is 14.6 Å². The number of hydrazone groups is 1. The van der Waals surface area contributed by atoms with Crippen molar-refractivity contribution < 1.29 is 9.47 Å². The fourth-order valence-electron chi connectivity index (χ4n) is 3.83. The number of nitrogens with zero attached hydrogens (tertiary/aromatic N) is 2. The number of rotatable bonds is 3. The Bertz CT molecular complexity index is 986. The quantitative estimate of drug-likeness (QED) is 0.667. The number of methoxy groups -OCH3 is 1. The molecule has 2 aliphatic heterocycles. The highest BCUT2D eigenvalue weighted by molar-refractivity contribution is 6.01. The summed E-state index contributed by atoms with van der Waals surface area (Å²) in [7, 11) is 1.69. The predicted octanol–water partition coefficient (Wildman–Crippen LogP) is 4.94. The second-order valence-electron chi connectivity index (χ2n) is 6.80. The molecule has 0 radical (unpaired) electrons. The summed E-state index contributed by atoms with van der Waals surface area (Å²) in [4.78, 5) is 0. The van der Waals surface area contributed by atoms with Crippen molar-refractivity contribution in [3.8, 4) is 11.5 Å². The van der Waals surface area contributed by atoms with E-state index < -0.39 is 0 Å². The second-order valence-corrected chi connectivity index (χ2v) is 6.80. The molecular formula is C23H20N2O2. The molecule has 0 saturated carbocycles. The molecule has 27 heavy (non-hydrogen) atoms. The zero-order chi connectivity index (χ0) is 18.2. The first-order valence-corrected chi connectivity index (χ1v) is 9.14. The van der Waals surface area contributed by atoms with Gasteiger partial charge < -0.3 is 9.47 Å². The lowest BCUT2D eigenvalue weighted by atomic mass is 9.95. The lowest BCUT2D eigenvalue weighted by Crippen LogP contribution is -2.33. The van der Waals surface area contributed by atoms with Crippen LogP contribution in [0.4, 0.5) is 0 Å². The van der Waals surface area contributed by atoms with Gasteiger partial charge in [-0.1, -0.05) is 60.7 Å². The van der Waals surface area contributed by atoms with E-state index in [-0.39, 0.29) is 12.3 Å². The number of hydrogen-bond donors (Lipinski definition) is 0. The van der Waals surface area contributed by atoms with Crippen LogP contribution in [0.15, 0.2) is 84.0 Å². The van der Waals surface area contributed by atoms with E-state index in [2.05, 4.69) is 47.5 Å². The van der Waals surface area contributed by atoms with Gasteiger partial charge in [-0.25, -0.2) is 5.01 Å². The van der Waals surface area contributed by atoms with Gasteiger partial charge in [0.25, 0.3) is 0 Å². The summed E-state index contributed by atoms with van der Waals surface area (Å²) in [5, 5.41) is 7.07. The molecule has 4 nitrogen and oxygen atoms in total. The molecule has 0 aliphatic carbocycles. The number of ether oxygens (including phenoxy) is 2. The summed E-state index contributed by atoms with van der Waals surface area (Å²) in [5.74, 6) is 1.74. The normalized spacial score (nSPS) is 20.3. The lowest BCUT2D eigenvalue weighted by molar-refractivity contribution is -0.0191. The predicted molar refractivity (Wildman–Crippen MR) is 105 cm³/mol. The van der Waals surface area contributed by atoms with Crippen molar-refractivity contribution in [3.05, 3.63) is 95.6 Å². The molecule has 0 N–H and O–H groups in total. The molecule has 4 heteroatoms. The molecule has 0 saturated heterocycles. The Balaban J connectivity index is 1.61. The summed E-state index contributed by atoms with van der Waals surface area (Å²) in [6.45, 7) is 0. The van der Waals surface area contributed by atoms with Gasteiger partial charge in [0.2, 0.25) is 6.23 Å². The second kappa shape index (κ2) is 6.47. The first-order chi connectivity index (χ1) is 13.3. The maximum atomic E-state index is 6.38. The Morgan fingerprint density at radius 3 is 2.44 bits per heavy atom. The van der Waals surface area contributed by atoms with Gasteiger partial charge in [-0.2, -0.15) is 5.10 Å². The molecular weight excluding hydrogens is 336 g/mol. The maximum Gasteiger partial charge on any atom is 0.213 e. The van der Waals surface area contributed by atoms with Crippen molar-refractivity contribution in [2.24, 2.45) is 5.10 Å². The molecule has 2 unspecified atom stereocenters. The molecule has 0 bridgehead atoms. The molecule has 0 fully saturated rings. The van der Waals surface area contributed by atoms with Crippen LogP contribution in [-0.2, 0) is 0 Å². The molecule has 0 aromatic heterocycles. The minimum Gasteiger partial charge on any atom is -0.497 e. The van der Waals surface area contributed by atoms with Crippen LogP contribution in [0.2, 0.25) is 0 Å². The largest absolute Gasteiger partial charge is 0.497 e. The van der Waals surface area contributed by atoms with E-state index >= 15 is 0 Å². The summed E-state index contributed by atoms with van der Waals surface area (Å²) in [5.41, 5.74) is 4.46. The summed E-state index contributed by atoms with van der Waals surface area (Å²) in [6, 6.07) is 26.8. The van der Waals surface area contributed by atoms with Crippen LogP contribution in [0.1, 0.15) is 35.4 Å². The van der Waals surface area contributed by atoms with Gasteiger partial charge in [-0.05, 0) is 23.8 Å². The third kappa shape index (κ3) is 2.74. The molecule has 0 spiro atoms. The van der Waals surface area contributed by atoms with Gasteiger partial charge >= 0.3 is 0 Å². The first kappa shape index (κ1) is 15.9. The summed E-state index contributed by atoms with van der Waals surface area (Å²) >= 11 is 0. The van der Waals surface area contributed by atoms with Gasteiger partial charge in [-0.15, -0.1) is 0 Å². The molecule has 2 heterocycles. The number of fused-ring (bicyclic) bond motifs is 3. The smallest absolute Gasteiger partial charge is 0.213 e. The van der Waals surface area contributed by atoms with E-state index in [1.54, 1.807) is 7.11 Å². The van der Waals surface area contributed by atoms with Crippen LogP contribution in [0.25, 0.3) is 0 Å². The Hall–Kier alpha value is -3.27. The Kier molecular flexibility index (Phi) is 3.82. The van der Waals surface area contributed by atoms with Crippen molar-refractivity contribution in [1.82, 2.24) is 5.01 Å². The van der Waals surface area contributed by atoms with E-state index in [0.29, 0.717) is 0 Å².